The van der Waals surface area contributed by atoms with Crippen LogP contribution in [-0.4, -0.2) is 71.3 Å². The van der Waals surface area contributed by atoms with Gasteiger partial charge in [0.2, 0.25) is 0 Å². The van der Waals surface area contributed by atoms with Crippen LogP contribution in [-0.2, 0) is 0 Å². The first kappa shape index (κ1) is 47.1. The molecule has 0 aliphatic carbocycles. The zero-order chi connectivity index (χ0) is 46.0. The van der Waals surface area contributed by atoms with Gasteiger partial charge in [0.1, 0.15) is 34.9 Å². The molecule has 0 saturated carbocycles. The number of nitrogens with two attached hydrogens (primary N) is 1. The Kier molecular flexibility index (Phi) is 15.8. The first-order chi connectivity index (χ1) is 29.9. The van der Waals surface area contributed by atoms with Crippen LogP contribution in [0.3, 0.4) is 0 Å². The van der Waals surface area contributed by atoms with E-state index in [2.05, 4.69) is 36.2 Å². The van der Waals surface area contributed by atoms with Gasteiger partial charge >= 0.3 is 0 Å². The van der Waals surface area contributed by atoms with Gasteiger partial charge in [-0.25, -0.2) is 18.7 Å². The van der Waals surface area contributed by atoms with Gasteiger partial charge in [-0.2, -0.15) is 0 Å². The second kappa shape index (κ2) is 21.2. The van der Waals surface area contributed by atoms with E-state index in [4.69, 9.17) is 57.5 Å². The predicted molar refractivity (Wildman–Crippen MR) is 243 cm³/mol. The third kappa shape index (κ3) is 12.5. The minimum Gasteiger partial charge on any atom is -0.384 e. The van der Waals surface area contributed by atoms with E-state index in [0.29, 0.717) is 21.2 Å². The molecule has 63 heavy (non-hydrogen) atoms. The summed E-state index contributed by atoms with van der Waals surface area (Å²) in [5.41, 5.74) is 6.28. The number of benzene rings is 4. The fraction of sp³-hybridized carbons (Fsp3) is 0.0698. The van der Waals surface area contributed by atoms with Crippen LogP contribution in [0.25, 0.3) is 0 Å². The SMILES string of the molecule is CN(C)C(=N)c1ccc(C(=O)Nc2ccc(Cl)cc2C(=O)Nc2ccc(Cl)cn2)c(F)c1.CN=C(N)c1ccc(C(=O)Nc2ccc(Cl)cc2C(=O)Nc2ccc(Cl)cn2)c(F)c1. The number of rotatable bonds is 10. The monoisotopic (exact) mass is 932 g/mol. The molecule has 6 rings (SSSR count). The molecule has 0 bridgehead atoms. The highest BCUT2D eigenvalue weighted by Gasteiger charge is 2.21. The highest BCUT2D eigenvalue weighted by atomic mass is 35.5. The Bertz CT molecular complexity index is 2760. The highest BCUT2D eigenvalue weighted by molar-refractivity contribution is 6.32. The predicted octanol–water partition coefficient (Wildman–Crippen LogP) is 9.29. The summed E-state index contributed by atoms with van der Waals surface area (Å²) in [4.78, 5) is 64.1. The topological polar surface area (TPSA) is 208 Å². The van der Waals surface area contributed by atoms with E-state index >= 15 is 0 Å². The van der Waals surface area contributed by atoms with E-state index in [1.165, 1.54) is 97.1 Å². The Morgan fingerprint density at radius 2 is 0.968 bits per heavy atom. The molecule has 0 atom stereocenters. The number of amides is 4. The van der Waals surface area contributed by atoms with Gasteiger partial charge in [0.15, 0.2) is 0 Å². The molecule has 322 valence electrons. The maximum atomic E-state index is 14.6. The van der Waals surface area contributed by atoms with E-state index < -0.39 is 35.3 Å². The second-order valence-electron chi connectivity index (χ2n) is 13.2. The number of aromatic nitrogens is 2. The molecule has 2 aromatic heterocycles. The molecule has 14 nitrogen and oxygen atoms in total. The van der Waals surface area contributed by atoms with Gasteiger partial charge in [-0.05, 0) is 84.9 Å². The summed E-state index contributed by atoms with van der Waals surface area (Å²) in [5, 5.41) is 19.5. The van der Waals surface area contributed by atoms with Gasteiger partial charge in [0.25, 0.3) is 23.6 Å². The van der Waals surface area contributed by atoms with Crippen LogP contribution in [0.15, 0.2) is 114 Å². The minimum atomic E-state index is -0.795. The molecule has 6 aromatic rings. The Labute approximate surface area is 379 Å². The lowest BCUT2D eigenvalue weighted by Gasteiger charge is -2.15. The number of nitrogens with zero attached hydrogens (tertiary/aromatic N) is 4. The molecular formula is C43H34Cl4F2N10O4. The number of pyridine rings is 2. The van der Waals surface area contributed by atoms with Crippen LogP contribution in [0.1, 0.15) is 52.6 Å². The van der Waals surface area contributed by atoms with Crippen molar-refractivity contribution in [3.8, 4) is 0 Å². The molecule has 20 heteroatoms. The quantitative estimate of drug-likeness (QED) is 0.0575. The van der Waals surface area contributed by atoms with E-state index in [9.17, 15) is 28.0 Å². The second-order valence-corrected chi connectivity index (χ2v) is 14.9. The van der Waals surface area contributed by atoms with Crippen molar-refractivity contribution in [1.29, 1.82) is 5.41 Å². The number of nitrogens with one attached hydrogen (secondary N) is 5. The number of carbonyl (C=O) groups excluding carboxylic acids is 4. The molecule has 0 saturated heterocycles. The third-order valence-corrected chi connectivity index (χ3v) is 9.49. The molecular weight excluding hydrogens is 900 g/mol. The van der Waals surface area contributed by atoms with Gasteiger partial charge < -0.3 is 31.9 Å². The van der Waals surface area contributed by atoms with Crippen LogP contribution in [0.4, 0.5) is 31.8 Å². The normalized spacial score (nSPS) is 10.8. The average Bonchev–Trinajstić information content (AvgIpc) is 3.25. The van der Waals surface area contributed by atoms with Crippen LogP contribution in [0, 0.1) is 17.0 Å². The summed E-state index contributed by atoms with van der Waals surface area (Å²) in [6.45, 7) is 0. The number of halogens is 6. The molecule has 0 aliphatic heterocycles. The number of amidine groups is 2. The molecule has 2 heterocycles. The zero-order valence-electron chi connectivity index (χ0n) is 33.2. The standard InChI is InChI=1S/C22H18Cl2FN5O2.C21H16Cl2FN5O2/c1-30(2)20(26)12-3-6-15(17(25)9-12)21(31)28-18-7-4-13(23)10-16(18)22(32)29-19-8-5-14(24)11-27-19;1-26-19(25)11-2-5-14(16(24)8-11)20(30)28-17-6-3-12(22)9-15(17)21(31)29-18-7-4-13(23)10-27-18/h3-11,26H,1-2H3,(H,28,31)(H,27,29,32);2-10H,1H3,(H2,25,26)(H,28,30)(H,27,29,31). The Hall–Kier alpha value is -6.98. The van der Waals surface area contributed by atoms with Crippen LogP contribution >= 0.6 is 46.4 Å². The van der Waals surface area contributed by atoms with Crippen molar-refractivity contribution in [2.75, 3.05) is 42.4 Å². The molecule has 0 unspecified atom stereocenters. The maximum absolute atomic E-state index is 14.6. The van der Waals surface area contributed by atoms with Gasteiger partial charge in [-0.15, -0.1) is 0 Å². The average molecular weight is 935 g/mol. The van der Waals surface area contributed by atoms with Gasteiger partial charge in [0.05, 0.1) is 43.7 Å². The fourth-order valence-corrected chi connectivity index (χ4v) is 5.93. The Morgan fingerprint density at radius 1 is 0.571 bits per heavy atom. The number of carbonyl (C=O) groups is 4. The van der Waals surface area contributed by atoms with Crippen molar-refractivity contribution >= 4 is 105 Å². The molecule has 7 N–H and O–H groups in total. The summed E-state index contributed by atoms with van der Waals surface area (Å²) < 4.78 is 29.0. The van der Waals surface area contributed by atoms with Crippen LogP contribution in [0.2, 0.25) is 20.1 Å². The Balaban J connectivity index is 0.000000238. The number of hydrogen-bond acceptors (Lipinski definition) is 8. The molecule has 0 fully saturated rings. The van der Waals surface area contributed by atoms with Gasteiger partial charge in [-0.1, -0.05) is 58.5 Å². The summed E-state index contributed by atoms with van der Waals surface area (Å²) in [5.74, 6) is -3.50. The van der Waals surface area contributed by atoms with Crippen molar-refractivity contribution < 1.29 is 28.0 Å². The first-order valence-corrected chi connectivity index (χ1v) is 19.6. The molecule has 4 amide bonds. The van der Waals surface area contributed by atoms with Gasteiger partial charge in [-0.3, -0.25) is 29.6 Å². The van der Waals surface area contributed by atoms with E-state index in [0.717, 1.165) is 12.1 Å². The molecule has 0 aliphatic rings. The summed E-state index contributed by atoms with van der Waals surface area (Å²) >= 11 is 23.6. The number of aliphatic imine (C=N–C) groups is 1. The largest absolute Gasteiger partial charge is 0.384 e. The lowest BCUT2D eigenvalue weighted by molar-refractivity contribution is 0.100. The molecule has 0 radical (unpaired) electrons. The van der Waals surface area contributed by atoms with Crippen LogP contribution in [0.5, 0.6) is 0 Å². The summed E-state index contributed by atoms with van der Waals surface area (Å²) in [6, 6.07) is 22.5. The molecule has 0 spiro atoms. The van der Waals surface area contributed by atoms with E-state index in [1.807, 2.05) is 0 Å². The van der Waals surface area contributed by atoms with E-state index in [1.54, 1.807) is 26.2 Å². The fourth-order valence-electron chi connectivity index (χ4n) is 5.37. The third-order valence-electron chi connectivity index (χ3n) is 8.57. The smallest absolute Gasteiger partial charge is 0.258 e. The zero-order valence-corrected chi connectivity index (χ0v) is 36.2. The number of hydrogen-bond donors (Lipinski definition) is 6. The number of anilines is 4. The van der Waals surface area contributed by atoms with Crippen LogP contribution < -0.4 is 27.0 Å². The molecule has 4 aromatic carbocycles. The minimum absolute atomic E-state index is 0.0639. The highest BCUT2D eigenvalue weighted by Crippen LogP contribution is 2.26. The van der Waals surface area contributed by atoms with Gasteiger partial charge in [0, 0.05) is 54.7 Å². The van der Waals surface area contributed by atoms with Crippen molar-refractivity contribution in [2.45, 2.75) is 0 Å². The van der Waals surface area contributed by atoms with Crippen molar-refractivity contribution in [2.24, 2.45) is 10.7 Å². The Morgan fingerprint density at radius 3 is 1.35 bits per heavy atom. The lowest BCUT2D eigenvalue weighted by atomic mass is 10.1. The van der Waals surface area contributed by atoms with E-state index in [-0.39, 0.29) is 67.0 Å². The van der Waals surface area contributed by atoms with Crippen molar-refractivity contribution in [3.05, 3.63) is 175 Å². The summed E-state index contributed by atoms with van der Waals surface area (Å²) in [6.07, 6.45) is 2.75. The lowest BCUT2D eigenvalue weighted by Crippen LogP contribution is -2.23. The van der Waals surface area contributed by atoms with Crippen molar-refractivity contribution in [1.82, 2.24) is 14.9 Å². The van der Waals surface area contributed by atoms with Crippen molar-refractivity contribution in [3.63, 3.8) is 0 Å². The summed E-state index contributed by atoms with van der Waals surface area (Å²) in [7, 11) is 4.79. The first-order valence-electron chi connectivity index (χ1n) is 18.1. The maximum Gasteiger partial charge on any atom is 0.258 e.